The predicted molar refractivity (Wildman–Crippen MR) is 97.6 cm³/mol. The molecule has 1 aliphatic carbocycles. The maximum absolute atomic E-state index is 11.9. The molecule has 0 aromatic heterocycles. The summed E-state index contributed by atoms with van der Waals surface area (Å²) in [6.45, 7) is 7.76. The molecule has 0 amide bonds. The van der Waals surface area contributed by atoms with Crippen LogP contribution in [0.15, 0.2) is 12.1 Å². The number of rotatable bonds is 2. The number of carbonyl (C=O) groups excluding carboxylic acids is 2. The van der Waals surface area contributed by atoms with Gasteiger partial charge in [-0.2, -0.15) is 0 Å². The van der Waals surface area contributed by atoms with E-state index in [-0.39, 0.29) is 18.0 Å². The normalized spacial score (nSPS) is 29.0. The number of fused-ring (bicyclic) bond motifs is 1. The lowest BCUT2D eigenvalue weighted by Crippen LogP contribution is -2.62. The third kappa shape index (κ3) is 2.77. The van der Waals surface area contributed by atoms with Crippen molar-refractivity contribution in [2.24, 2.45) is 11.3 Å². The first-order valence-electron chi connectivity index (χ1n) is 8.89. The van der Waals surface area contributed by atoms with Crippen LogP contribution in [0.2, 0.25) is 5.02 Å². The molecule has 142 valence electrons. The van der Waals surface area contributed by atoms with E-state index in [0.29, 0.717) is 22.8 Å². The minimum absolute atomic E-state index is 0.232. The van der Waals surface area contributed by atoms with Gasteiger partial charge in [-0.15, -0.1) is 0 Å². The Morgan fingerprint density at radius 2 is 1.96 bits per heavy atom. The maximum Gasteiger partial charge on any atom is 0.337 e. The lowest BCUT2D eigenvalue weighted by atomic mass is 9.58. The standard InChI is InChI=1S/C20H25ClO5/c1-11-6-7-16(25-12(2)22)19(3,4)20(11)10-14-8-13(18(23)24-5)9-15(21)17(14)26-20/h8-9,11,16H,6-7,10H2,1-5H3/t11-,16+,20+/m1/s1. The molecule has 0 saturated heterocycles. The number of methoxy groups -OCH3 is 1. The minimum atomic E-state index is -0.550. The van der Waals surface area contributed by atoms with Gasteiger partial charge in [0.2, 0.25) is 0 Å². The molecule has 2 aliphatic rings. The van der Waals surface area contributed by atoms with Crippen LogP contribution in [0.4, 0.5) is 0 Å². The highest BCUT2D eigenvalue weighted by molar-refractivity contribution is 6.32. The van der Waals surface area contributed by atoms with Crippen LogP contribution in [0.25, 0.3) is 0 Å². The number of carbonyl (C=O) groups is 2. The van der Waals surface area contributed by atoms with E-state index in [9.17, 15) is 9.59 Å². The minimum Gasteiger partial charge on any atom is -0.484 e. The smallest absolute Gasteiger partial charge is 0.337 e. The lowest BCUT2D eigenvalue weighted by Gasteiger charge is -2.54. The molecule has 1 fully saturated rings. The Hall–Kier alpha value is -1.75. The van der Waals surface area contributed by atoms with Gasteiger partial charge in [-0.1, -0.05) is 32.4 Å². The summed E-state index contributed by atoms with van der Waals surface area (Å²) in [5, 5.41) is 0.400. The second kappa shape index (κ2) is 6.45. The highest BCUT2D eigenvalue weighted by atomic mass is 35.5. The Labute approximate surface area is 158 Å². The number of benzene rings is 1. The number of ether oxygens (including phenoxy) is 3. The van der Waals surface area contributed by atoms with Crippen LogP contribution < -0.4 is 4.74 Å². The summed E-state index contributed by atoms with van der Waals surface area (Å²) in [6, 6.07) is 3.37. The summed E-state index contributed by atoms with van der Waals surface area (Å²) in [5.41, 5.74) is 0.340. The van der Waals surface area contributed by atoms with E-state index in [0.717, 1.165) is 18.4 Å². The van der Waals surface area contributed by atoms with Crippen LogP contribution in [-0.4, -0.2) is 30.8 Å². The average Bonchev–Trinajstić information content (AvgIpc) is 2.97. The molecule has 1 spiro atoms. The molecule has 0 radical (unpaired) electrons. The highest BCUT2D eigenvalue weighted by Crippen LogP contribution is 2.57. The van der Waals surface area contributed by atoms with Gasteiger partial charge in [0.1, 0.15) is 17.5 Å². The molecule has 3 atom stereocenters. The fourth-order valence-electron chi connectivity index (χ4n) is 4.58. The molecule has 1 saturated carbocycles. The zero-order valence-corrected chi connectivity index (χ0v) is 16.6. The van der Waals surface area contributed by atoms with E-state index in [1.807, 2.05) is 0 Å². The fraction of sp³-hybridized carbons (Fsp3) is 0.600. The fourth-order valence-corrected chi connectivity index (χ4v) is 4.85. The van der Waals surface area contributed by atoms with Crippen molar-refractivity contribution in [2.45, 2.75) is 58.7 Å². The molecule has 0 unspecified atom stereocenters. The Morgan fingerprint density at radius 1 is 1.27 bits per heavy atom. The van der Waals surface area contributed by atoms with E-state index >= 15 is 0 Å². The second-order valence-corrected chi connectivity index (χ2v) is 8.31. The van der Waals surface area contributed by atoms with E-state index in [2.05, 4.69) is 20.8 Å². The average molecular weight is 381 g/mol. The van der Waals surface area contributed by atoms with Crippen LogP contribution in [0.1, 0.15) is 56.5 Å². The topological polar surface area (TPSA) is 61.8 Å². The summed E-state index contributed by atoms with van der Waals surface area (Å²) in [6.07, 6.45) is 2.07. The van der Waals surface area contributed by atoms with Crippen LogP contribution >= 0.6 is 11.6 Å². The van der Waals surface area contributed by atoms with Crippen molar-refractivity contribution in [3.05, 3.63) is 28.3 Å². The van der Waals surface area contributed by atoms with Gasteiger partial charge >= 0.3 is 11.9 Å². The first-order chi connectivity index (χ1) is 12.1. The number of halogens is 1. The monoisotopic (exact) mass is 380 g/mol. The van der Waals surface area contributed by atoms with E-state index < -0.39 is 17.0 Å². The van der Waals surface area contributed by atoms with Crippen molar-refractivity contribution in [3.63, 3.8) is 0 Å². The molecule has 26 heavy (non-hydrogen) atoms. The van der Waals surface area contributed by atoms with Gasteiger partial charge in [-0.3, -0.25) is 4.79 Å². The molecule has 5 nitrogen and oxygen atoms in total. The quantitative estimate of drug-likeness (QED) is 0.720. The van der Waals surface area contributed by atoms with Gasteiger partial charge in [-0.25, -0.2) is 4.79 Å². The van der Waals surface area contributed by atoms with Gasteiger partial charge in [0, 0.05) is 24.3 Å². The second-order valence-electron chi connectivity index (χ2n) is 7.90. The summed E-state index contributed by atoms with van der Waals surface area (Å²) < 4.78 is 16.9. The molecule has 1 aromatic rings. The number of esters is 2. The van der Waals surface area contributed by atoms with Crippen LogP contribution in [-0.2, 0) is 20.7 Å². The Bertz CT molecular complexity index is 757. The third-order valence-corrected chi connectivity index (χ3v) is 6.42. The van der Waals surface area contributed by atoms with Gasteiger partial charge in [0.15, 0.2) is 0 Å². The molecular weight excluding hydrogens is 356 g/mol. The molecular formula is C20H25ClO5. The van der Waals surface area contributed by atoms with Crippen molar-refractivity contribution >= 4 is 23.5 Å². The molecule has 0 bridgehead atoms. The summed E-state index contributed by atoms with van der Waals surface area (Å²) in [4.78, 5) is 23.5. The van der Waals surface area contributed by atoms with E-state index in [4.69, 9.17) is 25.8 Å². The van der Waals surface area contributed by atoms with Crippen LogP contribution in [0.5, 0.6) is 5.75 Å². The maximum atomic E-state index is 11.9. The van der Waals surface area contributed by atoms with Gasteiger partial charge < -0.3 is 14.2 Å². The summed E-state index contributed by atoms with van der Waals surface area (Å²) in [7, 11) is 1.34. The third-order valence-electron chi connectivity index (χ3n) is 6.14. The SMILES string of the molecule is COC(=O)c1cc(Cl)c2c(c1)C[C@]1(O2)[C@H](C)CC[C@H](OC(C)=O)C1(C)C. The van der Waals surface area contributed by atoms with Crippen molar-refractivity contribution in [1.29, 1.82) is 0 Å². The molecule has 1 aromatic carbocycles. The first kappa shape index (κ1) is 19.0. The van der Waals surface area contributed by atoms with Crippen molar-refractivity contribution in [2.75, 3.05) is 7.11 Å². The molecule has 1 aliphatic heterocycles. The van der Waals surface area contributed by atoms with Crippen LogP contribution in [0.3, 0.4) is 0 Å². The molecule has 3 rings (SSSR count). The first-order valence-corrected chi connectivity index (χ1v) is 9.27. The zero-order valence-electron chi connectivity index (χ0n) is 15.8. The lowest BCUT2D eigenvalue weighted by molar-refractivity contribution is -0.186. The zero-order chi connectivity index (χ0) is 19.3. The number of hydrogen-bond donors (Lipinski definition) is 0. The number of hydrogen-bond acceptors (Lipinski definition) is 5. The Morgan fingerprint density at radius 3 is 2.58 bits per heavy atom. The van der Waals surface area contributed by atoms with Crippen LogP contribution in [0, 0.1) is 11.3 Å². The summed E-state index contributed by atoms with van der Waals surface area (Å²) >= 11 is 6.42. The molecule has 0 N–H and O–H groups in total. The highest BCUT2D eigenvalue weighted by Gasteiger charge is 2.61. The van der Waals surface area contributed by atoms with Gasteiger partial charge in [-0.05, 0) is 30.9 Å². The molecule has 6 heteroatoms. The van der Waals surface area contributed by atoms with Crippen molar-refractivity contribution in [3.8, 4) is 5.75 Å². The Balaban J connectivity index is 2.03. The van der Waals surface area contributed by atoms with Gasteiger partial charge in [0.05, 0.1) is 17.7 Å². The summed E-state index contributed by atoms with van der Waals surface area (Å²) in [5.74, 6) is 0.149. The van der Waals surface area contributed by atoms with E-state index in [1.54, 1.807) is 12.1 Å². The van der Waals surface area contributed by atoms with E-state index in [1.165, 1.54) is 14.0 Å². The van der Waals surface area contributed by atoms with Gasteiger partial charge in [0.25, 0.3) is 0 Å². The largest absolute Gasteiger partial charge is 0.484 e. The molecule has 1 heterocycles. The Kier molecular flexibility index (Phi) is 4.72. The van der Waals surface area contributed by atoms with Crippen molar-refractivity contribution in [1.82, 2.24) is 0 Å². The van der Waals surface area contributed by atoms with Crippen molar-refractivity contribution < 1.29 is 23.8 Å². The predicted octanol–water partition coefficient (Wildman–Crippen LogP) is 4.19.